The molecule has 1 aromatic heterocycles. The summed E-state index contributed by atoms with van der Waals surface area (Å²) in [4.78, 5) is 16.0. The molecule has 0 aliphatic heterocycles. The van der Waals surface area contributed by atoms with E-state index >= 15 is 0 Å². The lowest BCUT2D eigenvalue weighted by Crippen LogP contribution is -2.23. The monoisotopic (exact) mass is 258 g/mol. The number of thiazole rings is 1. The van der Waals surface area contributed by atoms with Crippen molar-refractivity contribution in [3.05, 3.63) is 64.6 Å². The zero-order chi connectivity index (χ0) is 12.8. The highest BCUT2D eigenvalue weighted by molar-refractivity contribution is 7.09. The number of benzene rings is 1. The average molecular weight is 258 g/mol. The van der Waals surface area contributed by atoms with Gasteiger partial charge >= 0.3 is 0 Å². The average Bonchev–Trinajstić information content (AvgIpc) is 2.86. The molecule has 0 saturated carbocycles. The zero-order valence-electron chi connectivity index (χ0n) is 9.93. The minimum Gasteiger partial charge on any atom is -0.347 e. The van der Waals surface area contributed by atoms with Crippen LogP contribution in [0.25, 0.3) is 0 Å². The van der Waals surface area contributed by atoms with E-state index in [-0.39, 0.29) is 5.91 Å². The summed E-state index contributed by atoms with van der Waals surface area (Å²) >= 11 is 1.51. The van der Waals surface area contributed by atoms with E-state index in [0.717, 1.165) is 11.4 Å². The quantitative estimate of drug-likeness (QED) is 0.838. The van der Waals surface area contributed by atoms with Crippen molar-refractivity contribution >= 4 is 17.2 Å². The molecule has 2 rings (SSSR count). The van der Waals surface area contributed by atoms with Crippen molar-refractivity contribution in [2.45, 2.75) is 6.42 Å². The van der Waals surface area contributed by atoms with Crippen LogP contribution in [0.3, 0.4) is 0 Å². The fraction of sp³-hybridized carbons (Fsp3) is 0.143. The maximum Gasteiger partial charge on any atom is 0.271 e. The molecule has 0 spiro atoms. The van der Waals surface area contributed by atoms with Crippen LogP contribution in [-0.4, -0.2) is 17.4 Å². The molecule has 0 radical (unpaired) electrons. The molecule has 1 amide bonds. The Hall–Kier alpha value is -1.94. The third kappa shape index (κ3) is 3.28. The van der Waals surface area contributed by atoms with E-state index in [1.807, 2.05) is 18.2 Å². The number of rotatable bonds is 5. The predicted molar refractivity (Wildman–Crippen MR) is 73.9 cm³/mol. The highest BCUT2D eigenvalue weighted by atomic mass is 32.1. The van der Waals surface area contributed by atoms with E-state index in [0.29, 0.717) is 12.2 Å². The molecule has 1 aromatic carbocycles. The molecule has 0 bridgehead atoms. The molecule has 18 heavy (non-hydrogen) atoms. The number of amides is 1. The van der Waals surface area contributed by atoms with Crippen LogP contribution in [0.1, 0.15) is 21.1 Å². The Labute approximate surface area is 110 Å². The lowest BCUT2D eigenvalue weighted by atomic mass is 10.2. The maximum absolute atomic E-state index is 11.7. The highest BCUT2D eigenvalue weighted by Gasteiger charge is 2.09. The van der Waals surface area contributed by atoms with Crippen LogP contribution in [0, 0.1) is 0 Å². The maximum atomic E-state index is 11.7. The second-order valence-corrected chi connectivity index (χ2v) is 4.73. The van der Waals surface area contributed by atoms with Crippen molar-refractivity contribution < 1.29 is 4.79 Å². The van der Waals surface area contributed by atoms with Gasteiger partial charge in [-0.05, 0) is 5.56 Å². The van der Waals surface area contributed by atoms with Gasteiger partial charge in [0.25, 0.3) is 5.91 Å². The molecule has 92 valence electrons. The molecule has 4 heteroatoms. The van der Waals surface area contributed by atoms with Crippen molar-refractivity contribution in [3.8, 4) is 0 Å². The van der Waals surface area contributed by atoms with Gasteiger partial charge in [-0.15, -0.1) is 17.9 Å². The first-order valence-electron chi connectivity index (χ1n) is 5.67. The Morgan fingerprint density at radius 2 is 2.17 bits per heavy atom. The second-order valence-electron chi connectivity index (χ2n) is 3.79. The first-order chi connectivity index (χ1) is 8.79. The number of hydrogen-bond acceptors (Lipinski definition) is 3. The topological polar surface area (TPSA) is 42.0 Å². The van der Waals surface area contributed by atoms with Crippen LogP contribution in [-0.2, 0) is 6.42 Å². The first kappa shape index (κ1) is 12.5. The molecule has 0 aliphatic rings. The van der Waals surface area contributed by atoms with E-state index in [1.165, 1.54) is 16.9 Å². The van der Waals surface area contributed by atoms with Gasteiger partial charge in [-0.1, -0.05) is 36.4 Å². The molecular formula is C14H14N2OS. The van der Waals surface area contributed by atoms with E-state index < -0.39 is 0 Å². The van der Waals surface area contributed by atoms with Gasteiger partial charge in [-0.25, -0.2) is 4.98 Å². The summed E-state index contributed by atoms with van der Waals surface area (Å²) < 4.78 is 0. The zero-order valence-corrected chi connectivity index (χ0v) is 10.7. The molecule has 2 aromatic rings. The van der Waals surface area contributed by atoms with Crippen molar-refractivity contribution in [1.82, 2.24) is 10.3 Å². The lowest BCUT2D eigenvalue weighted by Gasteiger charge is -1.98. The van der Waals surface area contributed by atoms with E-state index in [9.17, 15) is 4.79 Å². The van der Waals surface area contributed by atoms with E-state index in [4.69, 9.17) is 0 Å². The summed E-state index contributed by atoms with van der Waals surface area (Å²) in [5, 5.41) is 5.45. The lowest BCUT2D eigenvalue weighted by molar-refractivity contribution is 0.0953. The largest absolute Gasteiger partial charge is 0.347 e. The third-order valence-electron chi connectivity index (χ3n) is 2.39. The molecule has 0 saturated heterocycles. The SMILES string of the molecule is C=CCNC(=O)c1csc(Cc2ccccc2)n1. The van der Waals surface area contributed by atoms with E-state index in [2.05, 4.69) is 29.0 Å². The first-order valence-corrected chi connectivity index (χ1v) is 6.55. The standard InChI is InChI=1S/C14H14N2OS/c1-2-8-15-14(17)12-10-18-13(16-12)9-11-6-4-3-5-7-11/h2-7,10H,1,8-9H2,(H,15,17). The Bertz CT molecular complexity index is 534. The molecular weight excluding hydrogens is 244 g/mol. The minimum absolute atomic E-state index is 0.148. The van der Waals surface area contributed by atoms with Gasteiger partial charge in [0.1, 0.15) is 5.69 Å². The summed E-state index contributed by atoms with van der Waals surface area (Å²) in [6.45, 7) is 4.02. The van der Waals surface area contributed by atoms with Crippen molar-refractivity contribution in [3.63, 3.8) is 0 Å². The van der Waals surface area contributed by atoms with Crippen molar-refractivity contribution in [1.29, 1.82) is 0 Å². The smallest absolute Gasteiger partial charge is 0.271 e. The summed E-state index contributed by atoms with van der Waals surface area (Å²) in [7, 11) is 0. The number of carbonyl (C=O) groups is 1. The molecule has 0 unspecified atom stereocenters. The summed E-state index contributed by atoms with van der Waals surface area (Å²) in [5.74, 6) is -0.148. The third-order valence-corrected chi connectivity index (χ3v) is 3.24. The van der Waals surface area contributed by atoms with Crippen molar-refractivity contribution in [2.24, 2.45) is 0 Å². The fourth-order valence-corrected chi connectivity index (χ4v) is 2.33. The molecule has 0 fully saturated rings. The van der Waals surface area contributed by atoms with E-state index in [1.54, 1.807) is 11.5 Å². The van der Waals surface area contributed by atoms with Crippen LogP contribution in [0.4, 0.5) is 0 Å². The summed E-state index contributed by atoms with van der Waals surface area (Å²) in [6.07, 6.45) is 2.41. The number of nitrogens with zero attached hydrogens (tertiary/aromatic N) is 1. The van der Waals surface area contributed by atoms with Gasteiger partial charge in [0.05, 0.1) is 5.01 Å². The molecule has 0 atom stereocenters. The predicted octanol–water partition coefficient (Wildman–Crippen LogP) is 2.65. The summed E-state index contributed by atoms with van der Waals surface area (Å²) in [6, 6.07) is 10.1. The van der Waals surface area contributed by atoms with Gasteiger partial charge in [0, 0.05) is 18.3 Å². The van der Waals surface area contributed by atoms with Crippen LogP contribution >= 0.6 is 11.3 Å². The van der Waals surface area contributed by atoms with Gasteiger partial charge in [0.15, 0.2) is 0 Å². The molecule has 3 nitrogen and oxygen atoms in total. The van der Waals surface area contributed by atoms with Crippen LogP contribution in [0.15, 0.2) is 48.4 Å². The molecule has 1 heterocycles. The van der Waals surface area contributed by atoms with Crippen LogP contribution < -0.4 is 5.32 Å². The number of nitrogens with one attached hydrogen (secondary N) is 1. The Kier molecular flexibility index (Phi) is 4.25. The Morgan fingerprint density at radius 3 is 2.89 bits per heavy atom. The Balaban J connectivity index is 2.02. The second kappa shape index (κ2) is 6.12. The fourth-order valence-electron chi connectivity index (χ4n) is 1.52. The van der Waals surface area contributed by atoms with Crippen molar-refractivity contribution in [2.75, 3.05) is 6.54 Å². The minimum atomic E-state index is -0.148. The number of carbonyl (C=O) groups excluding carboxylic acids is 1. The van der Waals surface area contributed by atoms with Gasteiger partial charge in [-0.3, -0.25) is 4.79 Å². The Morgan fingerprint density at radius 1 is 1.39 bits per heavy atom. The molecule has 1 N–H and O–H groups in total. The number of hydrogen-bond donors (Lipinski definition) is 1. The summed E-state index contributed by atoms with van der Waals surface area (Å²) in [5.41, 5.74) is 1.68. The van der Waals surface area contributed by atoms with Gasteiger partial charge < -0.3 is 5.32 Å². The number of aromatic nitrogens is 1. The van der Waals surface area contributed by atoms with Gasteiger partial charge in [0.2, 0.25) is 0 Å². The van der Waals surface area contributed by atoms with Crippen LogP contribution in [0.2, 0.25) is 0 Å². The highest BCUT2D eigenvalue weighted by Crippen LogP contribution is 2.14. The van der Waals surface area contributed by atoms with Gasteiger partial charge in [-0.2, -0.15) is 0 Å². The van der Waals surface area contributed by atoms with Crippen LogP contribution in [0.5, 0.6) is 0 Å². The normalized spacial score (nSPS) is 10.0. The molecule has 0 aliphatic carbocycles.